The van der Waals surface area contributed by atoms with Gasteiger partial charge in [-0.2, -0.15) is 0 Å². The Hall–Kier alpha value is -2.04. The van der Waals surface area contributed by atoms with Gasteiger partial charge >= 0.3 is 0 Å². The number of nitrogens with zero attached hydrogens (tertiary/aromatic N) is 2. The normalized spacial score (nSPS) is 12.5. The molecular formula is C20H23ClN2O2. The number of ether oxygens (including phenoxy) is 1. The largest absolute Gasteiger partial charge is 0.491 e. The summed E-state index contributed by atoms with van der Waals surface area (Å²) in [6.45, 7) is 6.64. The molecule has 0 aliphatic carbocycles. The smallest absolute Gasteiger partial charge is 0.120 e. The molecule has 0 aliphatic rings. The van der Waals surface area contributed by atoms with Gasteiger partial charge in [-0.05, 0) is 49.2 Å². The van der Waals surface area contributed by atoms with Crippen molar-refractivity contribution in [2.45, 2.75) is 39.8 Å². The van der Waals surface area contributed by atoms with Gasteiger partial charge in [-0.25, -0.2) is 4.98 Å². The molecule has 0 fully saturated rings. The summed E-state index contributed by atoms with van der Waals surface area (Å²) in [7, 11) is 0. The van der Waals surface area contributed by atoms with E-state index in [1.807, 2.05) is 50.2 Å². The highest BCUT2D eigenvalue weighted by atomic mass is 35.5. The van der Waals surface area contributed by atoms with Gasteiger partial charge in [0.05, 0.1) is 17.6 Å². The summed E-state index contributed by atoms with van der Waals surface area (Å²) >= 11 is 6.18. The molecule has 3 rings (SSSR count). The van der Waals surface area contributed by atoms with Crippen molar-refractivity contribution in [1.29, 1.82) is 0 Å². The summed E-state index contributed by atoms with van der Waals surface area (Å²) in [6.07, 6.45) is 0.192. The number of hydrogen-bond acceptors (Lipinski definition) is 3. The van der Waals surface area contributed by atoms with E-state index < -0.39 is 6.10 Å². The Morgan fingerprint density at radius 3 is 2.56 bits per heavy atom. The van der Waals surface area contributed by atoms with E-state index in [0.717, 1.165) is 45.2 Å². The fourth-order valence-electron chi connectivity index (χ4n) is 3.04. The number of imidazole rings is 1. The highest BCUT2D eigenvalue weighted by Crippen LogP contribution is 2.26. The highest BCUT2D eigenvalue weighted by molar-refractivity contribution is 6.32. The summed E-state index contributed by atoms with van der Waals surface area (Å²) in [6, 6.07) is 11.8. The zero-order chi connectivity index (χ0) is 18.0. The van der Waals surface area contributed by atoms with Crippen LogP contribution in [0.15, 0.2) is 36.4 Å². The Morgan fingerprint density at radius 1 is 1.20 bits per heavy atom. The zero-order valence-corrected chi connectivity index (χ0v) is 15.5. The minimum absolute atomic E-state index is 0.218. The standard InChI is InChI=1S/C20H23ClN2O2/c1-4-19-22-17-7-5-6-8-18(17)23(19)11-15(24)12-25-16-9-13(2)20(21)14(3)10-16/h5-10,15,24H,4,11-12H2,1-3H3/t15-/m1/s1. The third-order valence-corrected chi connectivity index (χ3v) is 4.89. The average molecular weight is 359 g/mol. The molecule has 0 bridgehead atoms. The Kier molecular flexibility index (Phi) is 5.30. The summed E-state index contributed by atoms with van der Waals surface area (Å²) in [5.41, 5.74) is 3.94. The molecule has 1 heterocycles. The summed E-state index contributed by atoms with van der Waals surface area (Å²) in [5.74, 6) is 1.70. The molecule has 0 spiro atoms. The number of hydrogen-bond donors (Lipinski definition) is 1. The van der Waals surface area contributed by atoms with Crippen molar-refractivity contribution in [2.75, 3.05) is 6.61 Å². The maximum atomic E-state index is 10.5. The lowest BCUT2D eigenvalue weighted by molar-refractivity contribution is 0.0927. The first kappa shape index (κ1) is 17.8. The summed E-state index contributed by atoms with van der Waals surface area (Å²) in [4.78, 5) is 4.63. The third kappa shape index (κ3) is 3.80. The molecule has 0 amide bonds. The molecule has 0 aliphatic heterocycles. The quantitative estimate of drug-likeness (QED) is 0.714. The molecule has 0 saturated carbocycles. The second kappa shape index (κ2) is 7.46. The first-order valence-corrected chi connectivity index (χ1v) is 8.89. The van der Waals surface area contributed by atoms with E-state index in [4.69, 9.17) is 16.3 Å². The lowest BCUT2D eigenvalue weighted by Gasteiger charge is -2.16. The fourth-order valence-corrected chi connectivity index (χ4v) is 3.15. The van der Waals surface area contributed by atoms with Gasteiger partial charge in [-0.3, -0.25) is 0 Å². The van der Waals surface area contributed by atoms with Crippen LogP contribution >= 0.6 is 11.6 Å². The molecule has 1 aromatic heterocycles. The summed E-state index contributed by atoms with van der Waals surface area (Å²) < 4.78 is 7.85. The number of aliphatic hydroxyl groups excluding tert-OH is 1. The van der Waals surface area contributed by atoms with E-state index in [1.54, 1.807) is 0 Å². The van der Waals surface area contributed by atoms with Gasteiger partial charge in [0.25, 0.3) is 0 Å². The van der Waals surface area contributed by atoms with E-state index in [0.29, 0.717) is 6.54 Å². The third-order valence-electron chi connectivity index (χ3n) is 4.30. The number of benzene rings is 2. The van der Waals surface area contributed by atoms with E-state index >= 15 is 0 Å². The molecule has 0 radical (unpaired) electrons. The number of fused-ring (bicyclic) bond motifs is 1. The predicted molar refractivity (Wildman–Crippen MR) is 102 cm³/mol. The molecule has 0 unspecified atom stereocenters. The molecule has 4 nitrogen and oxygen atoms in total. The van der Waals surface area contributed by atoms with Gasteiger partial charge in [-0.1, -0.05) is 30.7 Å². The van der Waals surface area contributed by atoms with E-state index in [9.17, 15) is 5.11 Å². The molecule has 1 atom stereocenters. The molecule has 0 saturated heterocycles. The average Bonchev–Trinajstić information content (AvgIpc) is 2.95. The van der Waals surface area contributed by atoms with Crippen LogP contribution in [0.4, 0.5) is 0 Å². The number of rotatable bonds is 6. The lowest BCUT2D eigenvalue weighted by atomic mass is 10.1. The molecular weight excluding hydrogens is 336 g/mol. The Labute approximate surface area is 153 Å². The Bertz CT molecular complexity index is 866. The van der Waals surface area contributed by atoms with E-state index in [2.05, 4.69) is 16.5 Å². The minimum atomic E-state index is -0.626. The lowest BCUT2D eigenvalue weighted by Crippen LogP contribution is -2.24. The minimum Gasteiger partial charge on any atom is -0.491 e. The molecule has 132 valence electrons. The number of aliphatic hydroxyl groups is 1. The fraction of sp³-hybridized carbons (Fsp3) is 0.350. The van der Waals surface area contributed by atoms with Gasteiger partial charge < -0.3 is 14.4 Å². The first-order valence-electron chi connectivity index (χ1n) is 8.51. The van der Waals surface area contributed by atoms with Crippen molar-refractivity contribution >= 4 is 22.6 Å². The van der Waals surface area contributed by atoms with Crippen LogP contribution in [0, 0.1) is 13.8 Å². The topological polar surface area (TPSA) is 47.3 Å². The number of halogens is 1. The van der Waals surface area contributed by atoms with Crippen LogP contribution in [-0.4, -0.2) is 27.4 Å². The zero-order valence-electron chi connectivity index (χ0n) is 14.8. The summed E-state index contributed by atoms with van der Waals surface area (Å²) in [5, 5.41) is 11.2. The van der Waals surface area contributed by atoms with E-state index in [-0.39, 0.29) is 6.61 Å². The molecule has 1 N–H and O–H groups in total. The van der Waals surface area contributed by atoms with E-state index in [1.165, 1.54) is 0 Å². The Balaban J connectivity index is 1.72. The van der Waals surface area contributed by atoms with Crippen LogP contribution in [-0.2, 0) is 13.0 Å². The van der Waals surface area contributed by atoms with Gasteiger partial charge in [0.15, 0.2) is 0 Å². The van der Waals surface area contributed by atoms with Crippen LogP contribution in [0.5, 0.6) is 5.75 Å². The van der Waals surface area contributed by atoms with Crippen molar-refractivity contribution < 1.29 is 9.84 Å². The molecule has 5 heteroatoms. The second-order valence-electron chi connectivity index (χ2n) is 6.32. The maximum absolute atomic E-state index is 10.5. The van der Waals surface area contributed by atoms with Crippen LogP contribution in [0.2, 0.25) is 5.02 Å². The SMILES string of the molecule is CCc1nc2ccccc2n1C[C@@H](O)COc1cc(C)c(Cl)c(C)c1. The van der Waals surface area contributed by atoms with Crippen LogP contribution < -0.4 is 4.74 Å². The molecule has 25 heavy (non-hydrogen) atoms. The van der Waals surface area contributed by atoms with Crippen LogP contribution in [0.3, 0.4) is 0 Å². The van der Waals surface area contributed by atoms with Gasteiger partial charge in [0.1, 0.15) is 24.3 Å². The number of para-hydroxylation sites is 2. The number of aromatic nitrogens is 2. The monoisotopic (exact) mass is 358 g/mol. The van der Waals surface area contributed by atoms with Crippen molar-refractivity contribution in [1.82, 2.24) is 9.55 Å². The van der Waals surface area contributed by atoms with Gasteiger partial charge in [0.2, 0.25) is 0 Å². The second-order valence-corrected chi connectivity index (χ2v) is 6.69. The molecule has 3 aromatic rings. The maximum Gasteiger partial charge on any atom is 0.120 e. The van der Waals surface area contributed by atoms with Gasteiger partial charge in [0, 0.05) is 11.4 Å². The van der Waals surface area contributed by atoms with Gasteiger partial charge in [-0.15, -0.1) is 0 Å². The Morgan fingerprint density at radius 2 is 1.88 bits per heavy atom. The van der Waals surface area contributed by atoms with Crippen molar-refractivity contribution in [3.63, 3.8) is 0 Å². The van der Waals surface area contributed by atoms with Crippen molar-refractivity contribution in [3.8, 4) is 5.75 Å². The number of aryl methyl sites for hydroxylation is 3. The predicted octanol–water partition coefficient (Wildman–Crippen LogP) is 4.31. The van der Waals surface area contributed by atoms with Crippen LogP contribution in [0.1, 0.15) is 23.9 Å². The van der Waals surface area contributed by atoms with Crippen molar-refractivity contribution in [3.05, 3.63) is 58.4 Å². The van der Waals surface area contributed by atoms with Crippen LogP contribution in [0.25, 0.3) is 11.0 Å². The highest BCUT2D eigenvalue weighted by Gasteiger charge is 2.14. The molecule has 2 aromatic carbocycles. The van der Waals surface area contributed by atoms with Crippen molar-refractivity contribution in [2.24, 2.45) is 0 Å². The first-order chi connectivity index (χ1) is 12.0.